The summed E-state index contributed by atoms with van der Waals surface area (Å²) in [5, 5.41) is 12.3. The molecule has 0 amide bonds. The van der Waals surface area contributed by atoms with Crippen molar-refractivity contribution in [2.75, 3.05) is 13.2 Å². The van der Waals surface area contributed by atoms with Gasteiger partial charge in [-0.3, -0.25) is 0 Å². The fourth-order valence-corrected chi connectivity index (χ4v) is 2.31. The number of hydrogen-bond donors (Lipinski definition) is 1. The van der Waals surface area contributed by atoms with E-state index in [4.69, 9.17) is 10.00 Å². The molecule has 1 N–H and O–H groups in total. The van der Waals surface area contributed by atoms with Crippen LogP contribution in [-0.2, 0) is 4.74 Å². The van der Waals surface area contributed by atoms with E-state index in [2.05, 4.69) is 11.4 Å². The number of hydrogen-bond acceptors (Lipinski definition) is 3. The lowest BCUT2D eigenvalue weighted by Gasteiger charge is -2.30. The van der Waals surface area contributed by atoms with E-state index in [1.807, 2.05) is 31.2 Å². The van der Waals surface area contributed by atoms with Crippen LogP contribution in [0.25, 0.3) is 0 Å². The third-order valence-corrected chi connectivity index (χ3v) is 3.20. The number of piperidine rings is 1. The van der Waals surface area contributed by atoms with Crippen LogP contribution in [0.3, 0.4) is 0 Å². The van der Waals surface area contributed by atoms with Crippen molar-refractivity contribution in [3.8, 4) is 6.07 Å². The van der Waals surface area contributed by atoms with Crippen molar-refractivity contribution in [1.29, 1.82) is 5.26 Å². The number of nitriles is 1. The molecule has 0 bridgehead atoms. The first-order valence-electron chi connectivity index (χ1n) is 6.18. The molecule has 3 heteroatoms. The fraction of sp³-hybridized carbons (Fsp3) is 0.500. The highest BCUT2D eigenvalue weighted by atomic mass is 16.5. The van der Waals surface area contributed by atoms with Gasteiger partial charge >= 0.3 is 0 Å². The van der Waals surface area contributed by atoms with Crippen molar-refractivity contribution in [1.82, 2.24) is 5.32 Å². The minimum absolute atomic E-state index is 0.355. The maximum absolute atomic E-state index is 8.77. The van der Waals surface area contributed by atoms with E-state index in [0.29, 0.717) is 17.7 Å². The summed E-state index contributed by atoms with van der Waals surface area (Å²) < 4.78 is 5.69. The molecule has 1 saturated heterocycles. The maximum atomic E-state index is 8.77. The van der Waals surface area contributed by atoms with Gasteiger partial charge in [-0.15, -0.1) is 0 Å². The molecule has 1 fully saturated rings. The molecule has 2 atom stereocenters. The molecule has 90 valence electrons. The van der Waals surface area contributed by atoms with Crippen molar-refractivity contribution in [3.05, 3.63) is 35.4 Å². The first kappa shape index (κ1) is 12.1. The largest absolute Gasteiger partial charge is 0.378 e. The smallest absolute Gasteiger partial charge is 0.0991 e. The highest BCUT2D eigenvalue weighted by Gasteiger charge is 2.22. The van der Waals surface area contributed by atoms with Crippen molar-refractivity contribution in [3.63, 3.8) is 0 Å². The highest BCUT2D eigenvalue weighted by molar-refractivity contribution is 5.33. The van der Waals surface area contributed by atoms with Crippen LogP contribution in [-0.4, -0.2) is 19.3 Å². The number of nitrogens with zero attached hydrogens (tertiary/aromatic N) is 1. The monoisotopic (exact) mass is 230 g/mol. The van der Waals surface area contributed by atoms with E-state index < -0.39 is 0 Å². The van der Waals surface area contributed by atoms with Crippen molar-refractivity contribution in [2.24, 2.45) is 0 Å². The Hall–Kier alpha value is -1.37. The van der Waals surface area contributed by atoms with Crippen LogP contribution in [0.1, 0.15) is 36.9 Å². The molecule has 1 aliphatic rings. The summed E-state index contributed by atoms with van der Waals surface area (Å²) in [5.74, 6) is 0. The second-order valence-corrected chi connectivity index (χ2v) is 4.34. The average molecular weight is 230 g/mol. The van der Waals surface area contributed by atoms with Crippen LogP contribution >= 0.6 is 0 Å². The van der Waals surface area contributed by atoms with Crippen LogP contribution in [0.5, 0.6) is 0 Å². The molecular weight excluding hydrogens is 212 g/mol. The van der Waals surface area contributed by atoms with E-state index in [1.54, 1.807) is 0 Å². The van der Waals surface area contributed by atoms with Gasteiger partial charge in [0.05, 0.1) is 17.7 Å². The number of ether oxygens (including phenoxy) is 1. The summed E-state index contributed by atoms with van der Waals surface area (Å²) in [6.07, 6.45) is 2.46. The molecule has 1 heterocycles. The standard InChI is InChI=1S/C14H18N2O/c1-2-17-13-7-8-16-14(9-13)12-5-3-11(10-15)4-6-12/h3-6,13-14,16H,2,7-9H2,1H3. The van der Waals surface area contributed by atoms with Gasteiger partial charge in [-0.25, -0.2) is 0 Å². The van der Waals surface area contributed by atoms with E-state index in [1.165, 1.54) is 5.56 Å². The molecular formula is C14H18N2O. The Bertz CT molecular complexity index is 392. The quantitative estimate of drug-likeness (QED) is 0.867. The Morgan fingerprint density at radius 3 is 2.82 bits per heavy atom. The van der Waals surface area contributed by atoms with Gasteiger partial charge in [0.25, 0.3) is 0 Å². The predicted molar refractivity (Wildman–Crippen MR) is 66.5 cm³/mol. The predicted octanol–water partition coefficient (Wildman–Crippen LogP) is 2.39. The molecule has 17 heavy (non-hydrogen) atoms. The van der Waals surface area contributed by atoms with Gasteiger partial charge in [-0.2, -0.15) is 5.26 Å². The molecule has 0 radical (unpaired) electrons. The molecule has 1 aromatic rings. The van der Waals surface area contributed by atoms with Crippen LogP contribution in [0, 0.1) is 11.3 Å². The van der Waals surface area contributed by atoms with Gasteiger partial charge in [-0.05, 0) is 44.0 Å². The third-order valence-electron chi connectivity index (χ3n) is 3.20. The molecule has 0 saturated carbocycles. The molecule has 1 aromatic carbocycles. The average Bonchev–Trinajstić information content (AvgIpc) is 2.40. The summed E-state index contributed by atoms with van der Waals surface area (Å²) in [4.78, 5) is 0. The Morgan fingerprint density at radius 1 is 1.41 bits per heavy atom. The highest BCUT2D eigenvalue weighted by Crippen LogP contribution is 2.25. The summed E-state index contributed by atoms with van der Waals surface area (Å²) in [5.41, 5.74) is 1.96. The zero-order valence-corrected chi connectivity index (χ0v) is 10.1. The Labute approximate surface area is 102 Å². The second-order valence-electron chi connectivity index (χ2n) is 4.34. The minimum atomic E-state index is 0.355. The Morgan fingerprint density at radius 2 is 2.18 bits per heavy atom. The van der Waals surface area contributed by atoms with Crippen molar-refractivity contribution < 1.29 is 4.74 Å². The van der Waals surface area contributed by atoms with E-state index in [9.17, 15) is 0 Å². The molecule has 1 aliphatic heterocycles. The first-order chi connectivity index (χ1) is 8.33. The lowest BCUT2D eigenvalue weighted by molar-refractivity contribution is 0.0297. The van der Waals surface area contributed by atoms with Crippen LogP contribution in [0.4, 0.5) is 0 Å². The lowest BCUT2D eigenvalue weighted by Crippen LogP contribution is -2.35. The Balaban J connectivity index is 2.03. The van der Waals surface area contributed by atoms with Crippen LogP contribution in [0.2, 0.25) is 0 Å². The van der Waals surface area contributed by atoms with Crippen molar-refractivity contribution in [2.45, 2.75) is 31.9 Å². The van der Waals surface area contributed by atoms with Crippen molar-refractivity contribution >= 4 is 0 Å². The molecule has 0 aliphatic carbocycles. The van der Waals surface area contributed by atoms with Gasteiger partial charge in [-0.1, -0.05) is 12.1 Å². The topological polar surface area (TPSA) is 45.0 Å². The van der Waals surface area contributed by atoms with Gasteiger partial charge in [0.15, 0.2) is 0 Å². The normalized spacial score (nSPS) is 24.2. The number of nitrogens with one attached hydrogen (secondary N) is 1. The summed E-state index contributed by atoms with van der Waals surface area (Å²) >= 11 is 0. The van der Waals surface area contributed by atoms with Gasteiger partial charge < -0.3 is 10.1 Å². The summed E-state index contributed by atoms with van der Waals surface area (Å²) in [6.45, 7) is 3.82. The zero-order chi connectivity index (χ0) is 12.1. The summed E-state index contributed by atoms with van der Waals surface area (Å²) in [6, 6.07) is 10.3. The molecule has 0 spiro atoms. The lowest BCUT2D eigenvalue weighted by atomic mass is 9.95. The Kier molecular flexibility index (Phi) is 4.13. The molecule has 2 rings (SSSR count). The minimum Gasteiger partial charge on any atom is -0.378 e. The van der Waals surface area contributed by atoms with Gasteiger partial charge in [0.1, 0.15) is 0 Å². The maximum Gasteiger partial charge on any atom is 0.0991 e. The van der Waals surface area contributed by atoms with Gasteiger partial charge in [0.2, 0.25) is 0 Å². The molecule has 3 nitrogen and oxygen atoms in total. The zero-order valence-electron chi connectivity index (χ0n) is 10.1. The van der Waals surface area contributed by atoms with Crippen LogP contribution in [0.15, 0.2) is 24.3 Å². The second kappa shape index (κ2) is 5.81. The van der Waals surface area contributed by atoms with Gasteiger partial charge in [0, 0.05) is 12.6 Å². The first-order valence-corrected chi connectivity index (χ1v) is 6.18. The number of rotatable bonds is 3. The van der Waals surface area contributed by atoms with E-state index in [-0.39, 0.29) is 0 Å². The van der Waals surface area contributed by atoms with Crippen LogP contribution < -0.4 is 5.32 Å². The molecule has 2 unspecified atom stereocenters. The number of benzene rings is 1. The summed E-state index contributed by atoms with van der Waals surface area (Å²) in [7, 11) is 0. The van der Waals surface area contributed by atoms with E-state index in [0.717, 1.165) is 26.0 Å². The molecule has 0 aromatic heterocycles. The van der Waals surface area contributed by atoms with E-state index >= 15 is 0 Å². The third kappa shape index (κ3) is 3.06. The fourth-order valence-electron chi connectivity index (χ4n) is 2.31. The SMILES string of the molecule is CCOC1CCNC(c2ccc(C#N)cc2)C1.